The molecule has 0 aliphatic carbocycles. The van der Waals surface area contributed by atoms with Crippen molar-refractivity contribution < 1.29 is 4.79 Å². The number of aromatic nitrogens is 2. The largest absolute Gasteiger partial charge is 0.291 e. The zero-order chi connectivity index (χ0) is 9.14. The van der Waals surface area contributed by atoms with E-state index in [0.717, 1.165) is 5.69 Å². The van der Waals surface area contributed by atoms with Gasteiger partial charge in [-0.1, -0.05) is 13.8 Å². The third-order valence-corrected chi connectivity index (χ3v) is 1.58. The van der Waals surface area contributed by atoms with Gasteiger partial charge in [0.2, 0.25) is 0 Å². The van der Waals surface area contributed by atoms with Crippen LogP contribution in [0.4, 0.5) is 0 Å². The van der Waals surface area contributed by atoms with E-state index in [1.54, 1.807) is 6.20 Å². The fourth-order valence-electron chi connectivity index (χ4n) is 0.864. The fraction of sp³-hybridized carbons (Fsp3) is 0.444. The van der Waals surface area contributed by atoms with Crippen LogP contribution in [0.2, 0.25) is 0 Å². The molecule has 1 aromatic rings. The Hall–Kier alpha value is -1.25. The number of ketones is 1. The topological polar surface area (TPSA) is 42.9 Å². The van der Waals surface area contributed by atoms with E-state index in [1.165, 1.54) is 6.92 Å². The van der Waals surface area contributed by atoms with Crippen molar-refractivity contribution in [2.45, 2.75) is 26.7 Å². The summed E-state index contributed by atoms with van der Waals surface area (Å²) in [6, 6.07) is 1.83. The first-order valence-corrected chi connectivity index (χ1v) is 3.95. The number of nitrogens with zero attached hydrogens (tertiary/aromatic N) is 2. The highest BCUT2D eigenvalue weighted by Crippen LogP contribution is 2.09. The Balaban J connectivity index is 3.04. The van der Waals surface area contributed by atoms with Crippen molar-refractivity contribution in [1.29, 1.82) is 0 Å². The first kappa shape index (κ1) is 8.84. The number of hydrogen-bond donors (Lipinski definition) is 0. The monoisotopic (exact) mass is 164 g/mol. The molecule has 0 atom stereocenters. The number of rotatable bonds is 2. The minimum Gasteiger partial charge on any atom is -0.291 e. The minimum absolute atomic E-state index is 0.0856. The molecule has 0 aliphatic heterocycles. The van der Waals surface area contributed by atoms with E-state index >= 15 is 0 Å². The van der Waals surface area contributed by atoms with E-state index in [2.05, 4.69) is 9.97 Å². The van der Waals surface area contributed by atoms with E-state index in [0.29, 0.717) is 11.7 Å². The predicted octanol–water partition coefficient (Wildman–Crippen LogP) is 1.80. The van der Waals surface area contributed by atoms with Crippen LogP contribution < -0.4 is 0 Å². The van der Waals surface area contributed by atoms with Crippen molar-refractivity contribution in [3.8, 4) is 0 Å². The number of carbonyl (C=O) groups is 1. The zero-order valence-corrected chi connectivity index (χ0v) is 7.53. The van der Waals surface area contributed by atoms with Crippen molar-refractivity contribution in [1.82, 2.24) is 9.97 Å². The Morgan fingerprint density at radius 1 is 1.50 bits per heavy atom. The second-order valence-electron chi connectivity index (χ2n) is 3.02. The molecule has 1 aromatic heterocycles. The van der Waals surface area contributed by atoms with Crippen LogP contribution in [0.25, 0.3) is 0 Å². The van der Waals surface area contributed by atoms with Gasteiger partial charge in [-0.3, -0.25) is 4.79 Å². The summed E-state index contributed by atoms with van der Waals surface area (Å²) >= 11 is 0. The first-order valence-electron chi connectivity index (χ1n) is 3.95. The molecule has 0 N–H and O–H groups in total. The van der Waals surface area contributed by atoms with Crippen LogP contribution in [-0.4, -0.2) is 15.8 Å². The van der Waals surface area contributed by atoms with Gasteiger partial charge in [-0.25, -0.2) is 9.97 Å². The molecule has 0 bridgehead atoms. The lowest BCUT2D eigenvalue weighted by Gasteiger charge is -2.03. The fourth-order valence-corrected chi connectivity index (χ4v) is 0.864. The Labute approximate surface area is 71.9 Å². The van der Waals surface area contributed by atoms with Crippen molar-refractivity contribution in [3.63, 3.8) is 0 Å². The summed E-state index contributed by atoms with van der Waals surface area (Å²) in [4.78, 5) is 18.9. The Bertz CT molecular complexity index is 294. The van der Waals surface area contributed by atoms with Crippen LogP contribution in [0.5, 0.6) is 0 Å². The van der Waals surface area contributed by atoms with Crippen molar-refractivity contribution in [2.75, 3.05) is 0 Å². The summed E-state index contributed by atoms with van der Waals surface area (Å²) < 4.78 is 0. The van der Waals surface area contributed by atoms with E-state index < -0.39 is 0 Å². The molecule has 0 saturated heterocycles. The molecule has 64 valence electrons. The third-order valence-electron chi connectivity index (χ3n) is 1.58. The molecule has 1 heterocycles. The van der Waals surface area contributed by atoms with Crippen LogP contribution in [-0.2, 0) is 0 Å². The number of carbonyl (C=O) groups excluding carboxylic acids is 1. The first-order chi connectivity index (χ1) is 5.61. The Morgan fingerprint density at radius 2 is 2.17 bits per heavy atom. The molecule has 0 radical (unpaired) electrons. The highest BCUT2D eigenvalue weighted by Gasteiger charge is 2.05. The van der Waals surface area contributed by atoms with Crippen LogP contribution in [0.15, 0.2) is 12.3 Å². The minimum atomic E-state index is -0.0856. The van der Waals surface area contributed by atoms with Crippen LogP contribution >= 0.6 is 0 Å². The molecule has 12 heavy (non-hydrogen) atoms. The highest BCUT2D eigenvalue weighted by molar-refractivity contribution is 5.90. The molecule has 0 spiro atoms. The third kappa shape index (κ3) is 1.87. The standard InChI is InChI=1S/C9H12N2O/c1-6(2)8-4-5-10-9(11-8)7(3)12/h4-6H,1-3H3. The summed E-state index contributed by atoms with van der Waals surface area (Å²) in [6.45, 7) is 5.54. The van der Waals surface area contributed by atoms with Gasteiger partial charge in [0, 0.05) is 18.8 Å². The molecule has 0 saturated carbocycles. The summed E-state index contributed by atoms with van der Waals surface area (Å²) in [5, 5.41) is 0. The van der Waals surface area contributed by atoms with Crippen LogP contribution in [0, 0.1) is 0 Å². The average molecular weight is 164 g/mol. The normalized spacial score (nSPS) is 10.3. The molecule has 0 amide bonds. The Morgan fingerprint density at radius 3 is 2.67 bits per heavy atom. The maximum atomic E-state index is 10.9. The molecular weight excluding hydrogens is 152 g/mol. The molecule has 0 aromatic carbocycles. The molecule has 0 aliphatic rings. The number of hydrogen-bond acceptors (Lipinski definition) is 3. The molecular formula is C9H12N2O. The van der Waals surface area contributed by atoms with Gasteiger partial charge in [0.15, 0.2) is 11.6 Å². The van der Waals surface area contributed by atoms with Crippen molar-refractivity contribution in [2.24, 2.45) is 0 Å². The maximum Gasteiger partial charge on any atom is 0.196 e. The van der Waals surface area contributed by atoms with Gasteiger partial charge in [0.25, 0.3) is 0 Å². The van der Waals surface area contributed by atoms with Gasteiger partial charge in [-0.05, 0) is 12.0 Å². The molecule has 1 rings (SSSR count). The van der Waals surface area contributed by atoms with E-state index in [1.807, 2.05) is 19.9 Å². The van der Waals surface area contributed by atoms with Crippen molar-refractivity contribution >= 4 is 5.78 Å². The van der Waals surface area contributed by atoms with Gasteiger partial charge < -0.3 is 0 Å². The van der Waals surface area contributed by atoms with Gasteiger partial charge >= 0.3 is 0 Å². The average Bonchev–Trinajstić information content (AvgIpc) is 2.04. The lowest BCUT2D eigenvalue weighted by Crippen LogP contribution is -2.04. The smallest absolute Gasteiger partial charge is 0.196 e. The van der Waals surface area contributed by atoms with E-state index in [9.17, 15) is 4.79 Å². The summed E-state index contributed by atoms with van der Waals surface area (Å²) in [6.07, 6.45) is 1.62. The quantitative estimate of drug-likeness (QED) is 0.626. The maximum absolute atomic E-state index is 10.9. The second kappa shape index (κ2) is 3.43. The zero-order valence-electron chi connectivity index (χ0n) is 7.53. The Kier molecular flexibility index (Phi) is 2.53. The lowest BCUT2D eigenvalue weighted by molar-refractivity contribution is 0.100. The van der Waals surface area contributed by atoms with Crippen LogP contribution in [0.3, 0.4) is 0 Å². The van der Waals surface area contributed by atoms with E-state index in [4.69, 9.17) is 0 Å². The number of Topliss-reactive ketones (excluding diaryl/α,β-unsaturated/α-hetero) is 1. The van der Waals surface area contributed by atoms with Gasteiger partial charge in [-0.2, -0.15) is 0 Å². The summed E-state index contributed by atoms with van der Waals surface area (Å²) in [7, 11) is 0. The predicted molar refractivity (Wildman–Crippen MR) is 46.1 cm³/mol. The molecule has 0 unspecified atom stereocenters. The second-order valence-corrected chi connectivity index (χ2v) is 3.02. The summed E-state index contributed by atoms with van der Waals surface area (Å²) in [5.41, 5.74) is 0.912. The lowest BCUT2D eigenvalue weighted by atomic mass is 10.1. The molecule has 3 heteroatoms. The van der Waals surface area contributed by atoms with Crippen molar-refractivity contribution in [3.05, 3.63) is 23.8 Å². The highest BCUT2D eigenvalue weighted by atomic mass is 16.1. The summed E-state index contributed by atoms with van der Waals surface area (Å²) in [5.74, 6) is 0.560. The SMILES string of the molecule is CC(=O)c1nccc(C(C)C)n1. The van der Waals surface area contributed by atoms with Crippen LogP contribution in [0.1, 0.15) is 43.0 Å². The van der Waals surface area contributed by atoms with E-state index in [-0.39, 0.29) is 5.78 Å². The molecule has 0 fully saturated rings. The van der Waals surface area contributed by atoms with Gasteiger partial charge in [-0.15, -0.1) is 0 Å². The van der Waals surface area contributed by atoms with Gasteiger partial charge in [0.05, 0.1) is 0 Å². The van der Waals surface area contributed by atoms with Gasteiger partial charge in [0.1, 0.15) is 0 Å². The molecule has 3 nitrogen and oxygen atoms in total.